The summed E-state index contributed by atoms with van der Waals surface area (Å²) in [6.45, 7) is 2.26. The van der Waals surface area contributed by atoms with Crippen LogP contribution >= 0.6 is 15.9 Å². The van der Waals surface area contributed by atoms with Gasteiger partial charge in [-0.25, -0.2) is 4.98 Å². The van der Waals surface area contributed by atoms with Crippen molar-refractivity contribution in [1.29, 1.82) is 0 Å². The second-order valence-corrected chi connectivity index (χ2v) is 5.52. The van der Waals surface area contributed by atoms with E-state index in [1.54, 1.807) is 6.92 Å². The number of hydrogen-bond donors (Lipinski definition) is 1. The summed E-state index contributed by atoms with van der Waals surface area (Å²) in [4.78, 5) is 14.4. The van der Waals surface area contributed by atoms with E-state index in [1.807, 2.05) is 0 Å². The standard InChI is InChI=1S/C12H16BrN3O3/c1-7-9(16(17)18)6-15-12(11(7)13)19-10-4-2-3-8(10)5-14/h6,8,10H,2-5,14H2,1H3. The highest BCUT2D eigenvalue weighted by Crippen LogP contribution is 2.35. The molecule has 2 N–H and O–H groups in total. The first-order valence-corrected chi connectivity index (χ1v) is 7.00. The van der Waals surface area contributed by atoms with Crippen LogP contribution in [0.25, 0.3) is 0 Å². The summed E-state index contributed by atoms with van der Waals surface area (Å²) in [6.07, 6.45) is 4.39. The Morgan fingerprint density at radius 2 is 2.37 bits per heavy atom. The number of nitrogens with zero attached hydrogens (tertiary/aromatic N) is 2. The summed E-state index contributed by atoms with van der Waals surface area (Å²) < 4.78 is 6.41. The molecule has 1 aromatic heterocycles. The molecule has 0 amide bonds. The zero-order valence-electron chi connectivity index (χ0n) is 10.6. The lowest BCUT2D eigenvalue weighted by Gasteiger charge is -2.20. The Kier molecular flexibility index (Phi) is 4.36. The fourth-order valence-corrected chi connectivity index (χ4v) is 2.78. The van der Waals surface area contributed by atoms with E-state index in [1.165, 1.54) is 6.20 Å². The molecule has 1 fully saturated rings. The van der Waals surface area contributed by atoms with Gasteiger partial charge in [0.15, 0.2) is 0 Å². The predicted molar refractivity (Wildman–Crippen MR) is 74.1 cm³/mol. The van der Waals surface area contributed by atoms with Gasteiger partial charge in [-0.15, -0.1) is 0 Å². The summed E-state index contributed by atoms with van der Waals surface area (Å²) in [5.74, 6) is 0.748. The van der Waals surface area contributed by atoms with E-state index in [4.69, 9.17) is 10.5 Å². The zero-order valence-corrected chi connectivity index (χ0v) is 12.2. The Hall–Kier alpha value is -1.21. The molecule has 1 saturated carbocycles. The van der Waals surface area contributed by atoms with Gasteiger partial charge in [0.25, 0.3) is 5.69 Å². The fourth-order valence-electron chi connectivity index (χ4n) is 2.38. The number of nitrogens with two attached hydrogens (primary N) is 1. The summed E-state index contributed by atoms with van der Waals surface area (Å²) >= 11 is 3.33. The van der Waals surface area contributed by atoms with E-state index >= 15 is 0 Å². The Balaban J connectivity index is 2.22. The minimum atomic E-state index is -0.449. The van der Waals surface area contributed by atoms with Crippen LogP contribution in [0.5, 0.6) is 5.88 Å². The first-order valence-electron chi connectivity index (χ1n) is 6.20. The lowest BCUT2D eigenvalue weighted by Crippen LogP contribution is -2.28. The van der Waals surface area contributed by atoms with Crippen molar-refractivity contribution in [3.8, 4) is 5.88 Å². The lowest BCUT2D eigenvalue weighted by atomic mass is 10.1. The van der Waals surface area contributed by atoms with E-state index in [-0.39, 0.29) is 11.8 Å². The summed E-state index contributed by atoms with van der Waals surface area (Å²) in [6, 6.07) is 0. The molecular formula is C12H16BrN3O3. The topological polar surface area (TPSA) is 91.3 Å². The number of hydrogen-bond acceptors (Lipinski definition) is 5. The molecule has 1 heterocycles. The van der Waals surface area contributed by atoms with Gasteiger partial charge in [-0.05, 0) is 48.7 Å². The molecule has 0 aromatic carbocycles. The van der Waals surface area contributed by atoms with Gasteiger partial charge >= 0.3 is 0 Å². The number of halogens is 1. The number of pyridine rings is 1. The van der Waals surface area contributed by atoms with Crippen LogP contribution in [0.3, 0.4) is 0 Å². The molecule has 6 nitrogen and oxygen atoms in total. The van der Waals surface area contributed by atoms with Gasteiger partial charge in [0, 0.05) is 11.5 Å². The monoisotopic (exact) mass is 329 g/mol. The van der Waals surface area contributed by atoms with Gasteiger partial charge in [-0.3, -0.25) is 10.1 Å². The van der Waals surface area contributed by atoms with Crippen molar-refractivity contribution in [2.75, 3.05) is 6.54 Å². The summed E-state index contributed by atoms with van der Waals surface area (Å²) in [5, 5.41) is 10.8. The molecule has 0 aliphatic heterocycles. The van der Waals surface area contributed by atoms with Crippen LogP contribution in [-0.2, 0) is 0 Å². The number of nitro groups is 1. The third-order valence-corrected chi connectivity index (χ3v) is 4.49. The first-order chi connectivity index (χ1) is 9.04. The molecule has 19 heavy (non-hydrogen) atoms. The average molecular weight is 330 g/mol. The van der Waals surface area contributed by atoms with E-state index in [0.29, 0.717) is 28.4 Å². The summed E-state index contributed by atoms with van der Waals surface area (Å²) in [5.41, 5.74) is 6.22. The number of rotatable bonds is 4. The Labute approximate surface area is 119 Å². The van der Waals surface area contributed by atoms with Crippen LogP contribution in [-0.4, -0.2) is 22.6 Å². The largest absolute Gasteiger partial charge is 0.473 e. The molecule has 2 unspecified atom stereocenters. The van der Waals surface area contributed by atoms with Gasteiger partial charge < -0.3 is 10.5 Å². The smallest absolute Gasteiger partial charge is 0.291 e. The zero-order chi connectivity index (χ0) is 14.0. The average Bonchev–Trinajstić information content (AvgIpc) is 2.82. The second-order valence-electron chi connectivity index (χ2n) is 4.73. The van der Waals surface area contributed by atoms with Crippen molar-refractivity contribution < 1.29 is 9.66 Å². The maximum Gasteiger partial charge on any atom is 0.291 e. The van der Waals surface area contributed by atoms with Gasteiger partial charge in [0.2, 0.25) is 5.88 Å². The third kappa shape index (κ3) is 2.87. The molecule has 7 heteroatoms. The maximum atomic E-state index is 10.8. The first kappa shape index (κ1) is 14.2. The normalized spacial score (nSPS) is 22.5. The van der Waals surface area contributed by atoms with Crippen LogP contribution in [0.15, 0.2) is 10.7 Å². The highest BCUT2D eigenvalue weighted by molar-refractivity contribution is 9.10. The van der Waals surface area contributed by atoms with E-state index < -0.39 is 4.92 Å². The van der Waals surface area contributed by atoms with Gasteiger partial charge in [0.05, 0.1) is 9.40 Å². The SMILES string of the molecule is Cc1c([N+](=O)[O-])cnc(OC2CCCC2CN)c1Br. The molecule has 2 atom stereocenters. The van der Waals surface area contributed by atoms with Crippen molar-refractivity contribution in [1.82, 2.24) is 4.98 Å². The van der Waals surface area contributed by atoms with Crippen LogP contribution in [0, 0.1) is 23.0 Å². The molecule has 1 aliphatic rings. The highest BCUT2D eigenvalue weighted by atomic mass is 79.9. The quantitative estimate of drug-likeness (QED) is 0.677. The fraction of sp³-hybridized carbons (Fsp3) is 0.583. The molecule has 0 radical (unpaired) electrons. The molecular weight excluding hydrogens is 314 g/mol. The van der Waals surface area contributed by atoms with Crippen LogP contribution in [0.4, 0.5) is 5.69 Å². The minimum Gasteiger partial charge on any atom is -0.473 e. The van der Waals surface area contributed by atoms with Gasteiger partial charge in [-0.2, -0.15) is 0 Å². The van der Waals surface area contributed by atoms with Gasteiger partial charge in [0.1, 0.15) is 12.3 Å². The molecule has 2 rings (SSSR count). The maximum absolute atomic E-state index is 10.8. The Bertz CT molecular complexity index is 495. The molecule has 0 saturated heterocycles. The van der Waals surface area contributed by atoms with Crippen molar-refractivity contribution in [3.05, 3.63) is 26.3 Å². The van der Waals surface area contributed by atoms with Crippen molar-refractivity contribution >= 4 is 21.6 Å². The van der Waals surface area contributed by atoms with Crippen molar-refractivity contribution in [2.24, 2.45) is 11.7 Å². The molecule has 104 valence electrons. The molecule has 1 aliphatic carbocycles. The predicted octanol–water partition coefficient (Wildman–Crippen LogP) is 2.57. The third-order valence-electron chi connectivity index (χ3n) is 3.56. The van der Waals surface area contributed by atoms with E-state index in [2.05, 4.69) is 20.9 Å². The van der Waals surface area contributed by atoms with Crippen LogP contribution < -0.4 is 10.5 Å². The highest BCUT2D eigenvalue weighted by Gasteiger charge is 2.29. The number of aromatic nitrogens is 1. The van der Waals surface area contributed by atoms with Crippen molar-refractivity contribution in [2.45, 2.75) is 32.3 Å². The van der Waals surface area contributed by atoms with Crippen molar-refractivity contribution in [3.63, 3.8) is 0 Å². The molecule has 0 spiro atoms. The van der Waals surface area contributed by atoms with Gasteiger partial charge in [-0.1, -0.05) is 0 Å². The van der Waals surface area contributed by atoms with E-state index in [9.17, 15) is 10.1 Å². The Morgan fingerprint density at radius 3 is 3.00 bits per heavy atom. The second kappa shape index (κ2) is 5.83. The number of ether oxygens (including phenoxy) is 1. The van der Waals surface area contributed by atoms with E-state index in [0.717, 1.165) is 19.3 Å². The summed E-state index contributed by atoms with van der Waals surface area (Å²) in [7, 11) is 0. The van der Waals surface area contributed by atoms with Crippen LogP contribution in [0.2, 0.25) is 0 Å². The lowest BCUT2D eigenvalue weighted by molar-refractivity contribution is -0.385. The molecule has 0 bridgehead atoms. The molecule has 1 aromatic rings. The Morgan fingerprint density at radius 1 is 1.63 bits per heavy atom. The minimum absolute atomic E-state index is 0.0129. The van der Waals surface area contributed by atoms with Crippen LogP contribution in [0.1, 0.15) is 24.8 Å².